The first kappa shape index (κ1) is 17.2. The third-order valence-corrected chi connectivity index (χ3v) is 3.73. The first-order valence-electron chi connectivity index (χ1n) is 7.35. The average molecular weight is 291 g/mol. The summed E-state index contributed by atoms with van der Waals surface area (Å²) in [7, 11) is 0. The lowest BCUT2D eigenvalue weighted by Crippen LogP contribution is -2.41. The summed E-state index contributed by atoms with van der Waals surface area (Å²) in [6.07, 6.45) is 2.36. The number of likely N-dealkylation sites (tertiary alicyclic amines) is 1. The van der Waals surface area contributed by atoms with Gasteiger partial charge in [-0.2, -0.15) is 0 Å². The highest BCUT2D eigenvalue weighted by Crippen LogP contribution is 2.09. The number of nitrogens with zero attached hydrogens (tertiary/aromatic N) is 1. The molecule has 0 radical (unpaired) electrons. The van der Waals surface area contributed by atoms with Crippen molar-refractivity contribution in [1.82, 2.24) is 14.9 Å². The van der Waals surface area contributed by atoms with Gasteiger partial charge in [0.25, 0.3) is 0 Å². The van der Waals surface area contributed by atoms with Gasteiger partial charge in [0.05, 0.1) is 26.4 Å². The van der Waals surface area contributed by atoms with Crippen LogP contribution in [0.2, 0.25) is 0 Å². The first-order chi connectivity index (χ1) is 9.36. The van der Waals surface area contributed by atoms with Crippen molar-refractivity contribution in [3.8, 4) is 0 Å². The van der Waals surface area contributed by atoms with Crippen LogP contribution in [0.25, 0.3) is 0 Å². The number of rotatable bonds is 11. The summed E-state index contributed by atoms with van der Waals surface area (Å²) in [4.78, 5) is 2.45. The topological polar surface area (TPSA) is 45.8 Å². The highest BCUT2D eigenvalue weighted by Gasteiger charge is 2.17. The number of thiol groups is 1. The van der Waals surface area contributed by atoms with Gasteiger partial charge >= 0.3 is 0 Å². The third kappa shape index (κ3) is 8.83. The van der Waals surface area contributed by atoms with Crippen molar-refractivity contribution >= 4 is 12.8 Å². The van der Waals surface area contributed by atoms with Crippen molar-refractivity contribution in [2.45, 2.75) is 25.8 Å². The summed E-state index contributed by atoms with van der Waals surface area (Å²) in [6.45, 7) is 10.3. The Bertz CT molecular complexity index is 202. The van der Waals surface area contributed by atoms with Crippen LogP contribution in [0.3, 0.4) is 0 Å². The van der Waals surface area contributed by atoms with Gasteiger partial charge in [0.15, 0.2) is 0 Å². The zero-order valence-electron chi connectivity index (χ0n) is 12.1. The monoisotopic (exact) mass is 291 g/mol. The largest absolute Gasteiger partial charge is 0.378 e. The quantitative estimate of drug-likeness (QED) is 0.383. The van der Waals surface area contributed by atoms with Crippen LogP contribution in [0.4, 0.5) is 0 Å². The second-order valence-electron chi connectivity index (χ2n) is 4.82. The Kier molecular flexibility index (Phi) is 10.8. The van der Waals surface area contributed by atoms with Crippen molar-refractivity contribution in [2.75, 3.05) is 59.2 Å². The second-order valence-corrected chi connectivity index (χ2v) is 5.08. The van der Waals surface area contributed by atoms with Crippen LogP contribution in [-0.4, -0.2) is 70.1 Å². The van der Waals surface area contributed by atoms with E-state index in [1.54, 1.807) is 0 Å². The zero-order chi connectivity index (χ0) is 13.8. The van der Waals surface area contributed by atoms with E-state index in [2.05, 4.69) is 34.7 Å². The minimum atomic E-state index is 0.575. The van der Waals surface area contributed by atoms with Gasteiger partial charge in [0.1, 0.15) is 0 Å². The molecule has 2 N–H and O–H groups in total. The maximum Gasteiger partial charge on any atom is 0.0701 e. The molecule has 0 spiro atoms. The summed E-state index contributed by atoms with van der Waals surface area (Å²) < 4.78 is 14.1. The van der Waals surface area contributed by atoms with E-state index in [-0.39, 0.29) is 0 Å². The molecule has 0 bridgehead atoms. The van der Waals surface area contributed by atoms with Crippen molar-refractivity contribution in [2.24, 2.45) is 0 Å². The molecular weight excluding hydrogens is 262 g/mol. The van der Waals surface area contributed by atoms with Crippen molar-refractivity contribution < 1.29 is 9.47 Å². The van der Waals surface area contributed by atoms with Gasteiger partial charge in [0, 0.05) is 19.1 Å². The van der Waals surface area contributed by atoms with E-state index in [1.165, 1.54) is 12.8 Å². The Morgan fingerprint density at radius 2 is 1.79 bits per heavy atom. The molecule has 6 heteroatoms. The molecule has 0 aliphatic carbocycles. The summed E-state index contributed by atoms with van der Waals surface area (Å²) in [6, 6.07) is 0.575. The number of nitrogens with one attached hydrogen (secondary N) is 2. The fourth-order valence-corrected chi connectivity index (χ4v) is 2.38. The summed E-state index contributed by atoms with van der Waals surface area (Å²) >= 11 is 4.12. The first-order valence-corrected chi connectivity index (χ1v) is 7.79. The van der Waals surface area contributed by atoms with E-state index in [9.17, 15) is 0 Å². The molecule has 0 unspecified atom stereocenters. The van der Waals surface area contributed by atoms with Gasteiger partial charge in [-0.15, -0.1) is 0 Å². The molecule has 5 nitrogen and oxygen atoms in total. The van der Waals surface area contributed by atoms with E-state index >= 15 is 0 Å². The third-order valence-electron chi connectivity index (χ3n) is 3.37. The number of hydrogen-bond acceptors (Lipinski definition) is 6. The molecular formula is C13H29N3O2S. The maximum absolute atomic E-state index is 5.58. The highest BCUT2D eigenvalue weighted by atomic mass is 32.1. The number of hydrogen-bond donors (Lipinski definition) is 3. The van der Waals surface area contributed by atoms with Gasteiger partial charge in [-0.05, 0) is 32.5 Å². The number of likely N-dealkylation sites (N-methyl/N-ethyl adjacent to an activating group) is 1. The van der Waals surface area contributed by atoms with E-state index in [1.807, 2.05) is 0 Å². The molecule has 0 atom stereocenters. The highest BCUT2D eigenvalue weighted by molar-refractivity contribution is 7.78. The molecule has 0 aromatic rings. The van der Waals surface area contributed by atoms with Crippen LogP contribution >= 0.6 is 12.8 Å². The van der Waals surface area contributed by atoms with Crippen LogP contribution < -0.4 is 10.0 Å². The zero-order valence-corrected chi connectivity index (χ0v) is 13.0. The summed E-state index contributed by atoms with van der Waals surface area (Å²) in [5.74, 6) is 0. The molecule has 1 aliphatic heterocycles. The van der Waals surface area contributed by atoms with Gasteiger partial charge < -0.3 is 19.7 Å². The summed E-state index contributed by atoms with van der Waals surface area (Å²) in [5.41, 5.74) is 0. The van der Waals surface area contributed by atoms with Gasteiger partial charge in [0.2, 0.25) is 0 Å². The van der Waals surface area contributed by atoms with Crippen molar-refractivity contribution in [3.05, 3.63) is 0 Å². The lowest BCUT2D eigenvalue weighted by molar-refractivity contribution is 0.0369. The molecule has 1 aliphatic rings. The fraction of sp³-hybridized carbons (Fsp3) is 1.00. The normalized spacial score (nSPS) is 18.0. The number of piperidine rings is 1. The van der Waals surface area contributed by atoms with E-state index in [0.29, 0.717) is 19.3 Å². The Balaban J connectivity index is 1.81. The smallest absolute Gasteiger partial charge is 0.0701 e. The molecule has 19 heavy (non-hydrogen) atoms. The van der Waals surface area contributed by atoms with E-state index in [4.69, 9.17) is 9.47 Å². The standard InChI is InChI=1S/C13H29N3O2S/c1-2-14-5-9-17-11-12-18-10-8-16-6-3-13(15-19)4-7-16/h13-15,19H,2-12H2,1H3. The molecule has 0 amide bonds. The van der Waals surface area contributed by atoms with E-state index < -0.39 is 0 Å². The van der Waals surface area contributed by atoms with Crippen LogP contribution in [-0.2, 0) is 9.47 Å². The van der Waals surface area contributed by atoms with E-state index in [0.717, 1.165) is 45.9 Å². The minimum Gasteiger partial charge on any atom is -0.378 e. The SMILES string of the molecule is CCNCCOCCOCCN1CCC(NS)CC1. The molecule has 1 heterocycles. The molecule has 114 valence electrons. The Labute approximate surface area is 122 Å². The van der Waals surface area contributed by atoms with Crippen LogP contribution in [0.5, 0.6) is 0 Å². The molecule has 1 fully saturated rings. The van der Waals surface area contributed by atoms with Gasteiger partial charge in [-0.25, -0.2) is 0 Å². The number of ether oxygens (including phenoxy) is 2. The van der Waals surface area contributed by atoms with Crippen LogP contribution in [0.15, 0.2) is 0 Å². The molecule has 1 saturated heterocycles. The lowest BCUT2D eigenvalue weighted by atomic mass is 10.1. The predicted molar refractivity (Wildman–Crippen MR) is 81.8 cm³/mol. The Hall–Kier alpha value is 0.150. The van der Waals surface area contributed by atoms with Gasteiger partial charge in [-0.1, -0.05) is 19.7 Å². The maximum atomic E-state index is 5.58. The second kappa shape index (κ2) is 11.9. The molecule has 0 aromatic carbocycles. The molecule has 0 aromatic heterocycles. The lowest BCUT2D eigenvalue weighted by Gasteiger charge is -2.31. The van der Waals surface area contributed by atoms with Gasteiger partial charge in [-0.3, -0.25) is 4.72 Å². The fourth-order valence-electron chi connectivity index (χ4n) is 2.12. The Morgan fingerprint density at radius 3 is 2.42 bits per heavy atom. The van der Waals surface area contributed by atoms with Crippen LogP contribution in [0.1, 0.15) is 19.8 Å². The average Bonchev–Trinajstić information content (AvgIpc) is 2.46. The predicted octanol–water partition coefficient (Wildman–Crippen LogP) is 0.528. The van der Waals surface area contributed by atoms with Crippen LogP contribution in [0, 0.1) is 0 Å². The van der Waals surface area contributed by atoms with Crippen molar-refractivity contribution in [3.63, 3.8) is 0 Å². The minimum absolute atomic E-state index is 0.575. The molecule has 1 rings (SSSR count). The van der Waals surface area contributed by atoms with Crippen molar-refractivity contribution in [1.29, 1.82) is 0 Å². The summed E-state index contributed by atoms with van der Waals surface area (Å²) in [5, 5.41) is 3.22. The molecule has 0 saturated carbocycles. The Morgan fingerprint density at radius 1 is 1.11 bits per heavy atom.